The van der Waals surface area contributed by atoms with Crippen molar-refractivity contribution in [3.05, 3.63) is 58.9 Å². The van der Waals surface area contributed by atoms with Crippen LogP contribution in [0.15, 0.2) is 42.5 Å². The van der Waals surface area contributed by atoms with E-state index >= 15 is 0 Å². The van der Waals surface area contributed by atoms with Gasteiger partial charge >= 0.3 is 0 Å². The van der Waals surface area contributed by atoms with E-state index in [1.165, 1.54) is 19.2 Å². The van der Waals surface area contributed by atoms with Gasteiger partial charge in [0.05, 0.1) is 7.11 Å². The molecule has 0 fully saturated rings. The number of carbonyl (C=O) groups is 1. The van der Waals surface area contributed by atoms with Gasteiger partial charge in [-0.1, -0.05) is 17.7 Å². The molecule has 2 rings (SSSR count). The number of methoxy groups -OCH3 is 1. The Hall–Kier alpha value is -2.07. The van der Waals surface area contributed by atoms with E-state index in [4.69, 9.17) is 16.3 Å². The fourth-order valence-corrected chi connectivity index (χ4v) is 1.77. The van der Waals surface area contributed by atoms with E-state index in [-0.39, 0.29) is 11.3 Å². The summed E-state index contributed by atoms with van der Waals surface area (Å²) in [6.45, 7) is 0. The van der Waals surface area contributed by atoms with Crippen LogP contribution in [-0.2, 0) is 0 Å². The smallest absolute Gasteiger partial charge is 0.255 e. The Morgan fingerprint density at radius 1 is 1.26 bits per heavy atom. The monoisotopic (exact) mass is 279 g/mol. The Morgan fingerprint density at radius 3 is 2.68 bits per heavy atom. The first-order chi connectivity index (χ1) is 9.10. The SMILES string of the molecule is COc1ccc(C(=O)Nc2cccc(Cl)c2)cc1F. The van der Waals surface area contributed by atoms with Crippen LogP contribution in [0.25, 0.3) is 0 Å². The largest absolute Gasteiger partial charge is 0.494 e. The number of benzene rings is 2. The van der Waals surface area contributed by atoms with Crippen LogP contribution >= 0.6 is 11.6 Å². The first-order valence-corrected chi connectivity index (χ1v) is 5.88. The number of hydrogen-bond donors (Lipinski definition) is 1. The van der Waals surface area contributed by atoms with E-state index in [1.807, 2.05) is 0 Å². The van der Waals surface area contributed by atoms with E-state index in [9.17, 15) is 9.18 Å². The zero-order valence-corrected chi connectivity index (χ0v) is 10.9. The van der Waals surface area contributed by atoms with Gasteiger partial charge in [0, 0.05) is 16.3 Å². The van der Waals surface area contributed by atoms with Crippen molar-refractivity contribution in [3.63, 3.8) is 0 Å². The Kier molecular flexibility index (Phi) is 4.02. The van der Waals surface area contributed by atoms with Gasteiger partial charge < -0.3 is 10.1 Å². The molecule has 2 aromatic rings. The molecule has 5 heteroatoms. The van der Waals surface area contributed by atoms with E-state index in [2.05, 4.69) is 5.32 Å². The molecule has 0 bridgehead atoms. The minimum atomic E-state index is -0.582. The lowest BCUT2D eigenvalue weighted by atomic mass is 10.2. The molecule has 1 amide bonds. The molecular formula is C14H11ClFNO2. The molecule has 0 aliphatic carbocycles. The van der Waals surface area contributed by atoms with Crippen LogP contribution in [0.2, 0.25) is 5.02 Å². The Labute approximate surface area is 115 Å². The molecule has 0 aliphatic rings. The van der Waals surface area contributed by atoms with Crippen LogP contribution in [0.5, 0.6) is 5.75 Å². The molecule has 0 aromatic heterocycles. The lowest BCUT2D eigenvalue weighted by Gasteiger charge is -2.07. The summed E-state index contributed by atoms with van der Waals surface area (Å²) in [6.07, 6.45) is 0. The average molecular weight is 280 g/mol. The molecule has 0 heterocycles. The van der Waals surface area contributed by atoms with Crippen molar-refractivity contribution in [2.75, 3.05) is 12.4 Å². The van der Waals surface area contributed by atoms with E-state index in [1.54, 1.807) is 24.3 Å². The molecule has 0 spiro atoms. The number of rotatable bonds is 3. The number of halogens is 2. The minimum absolute atomic E-state index is 0.0966. The molecule has 98 valence electrons. The quantitative estimate of drug-likeness (QED) is 0.929. The van der Waals surface area contributed by atoms with Crippen molar-refractivity contribution in [1.29, 1.82) is 0 Å². The maximum Gasteiger partial charge on any atom is 0.255 e. The van der Waals surface area contributed by atoms with E-state index < -0.39 is 11.7 Å². The van der Waals surface area contributed by atoms with Gasteiger partial charge in [-0.3, -0.25) is 4.79 Å². The molecule has 0 saturated heterocycles. The van der Waals surface area contributed by atoms with Crippen LogP contribution in [0.1, 0.15) is 10.4 Å². The van der Waals surface area contributed by atoms with Crippen LogP contribution in [0.3, 0.4) is 0 Å². The van der Waals surface area contributed by atoms with Crippen LogP contribution in [0, 0.1) is 5.82 Å². The van der Waals surface area contributed by atoms with E-state index in [0.29, 0.717) is 10.7 Å². The van der Waals surface area contributed by atoms with Crippen LogP contribution in [0.4, 0.5) is 10.1 Å². The third-order valence-electron chi connectivity index (χ3n) is 2.50. The van der Waals surface area contributed by atoms with E-state index in [0.717, 1.165) is 6.07 Å². The van der Waals surface area contributed by atoms with Crippen molar-refractivity contribution in [3.8, 4) is 5.75 Å². The van der Waals surface area contributed by atoms with Crippen molar-refractivity contribution >= 4 is 23.2 Å². The Balaban J connectivity index is 2.18. The Bertz CT molecular complexity index is 616. The standard InChI is InChI=1S/C14H11ClFNO2/c1-19-13-6-5-9(7-12(13)16)14(18)17-11-4-2-3-10(15)8-11/h2-8H,1H3,(H,17,18). The lowest BCUT2D eigenvalue weighted by Crippen LogP contribution is -2.12. The summed E-state index contributed by atoms with van der Waals surface area (Å²) in [5.41, 5.74) is 0.756. The maximum atomic E-state index is 13.5. The van der Waals surface area contributed by atoms with Gasteiger partial charge in [0.15, 0.2) is 11.6 Å². The first-order valence-electron chi connectivity index (χ1n) is 5.50. The zero-order chi connectivity index (χ0) is 13.8. The second-order valence-corrected chi connectivity index (χ2v) is 4.25. The topological polar surface area (TPSA) is 38.3 Å². The minimum Gasteiger partial charge on any atom is -0.494 e. The number of ether oxygens (including phenoxy) is 1. The highest BCUT2D eigenvalue weighted by Crippen LogP contribution is 2.19. The highest BCUT2D eigenvalue weighted by Gasteiger charge is 2.10. The molecule has 1 N–H and O–H groups in total. The summed E-state index contributed by atoms with van der Waals surface area (Å²) < 4.78 is 18.3. The number of nitrogens with one attached hydrogen (secondary N) is 1. The van der Waals surface area contributed by atoms with Crippen molar-refractivity contribution in [2.45, 2.75) is 0 Å². The Morgan fingerprint density at radius 2 is 2.05 bits per heavy atom. The van der Waals surface area contributed by atoms with Gasteiger partial charge in [0.25, 0.3) is 5.91 Å². The second-order valence-electron chi connectivity index (χ2n) is 3.81. The maximum absolute atomic E-state index is 13.5. The van der Waals surface area contributed by atoms with Crippen LogP contribution in [-0.4, -0.2) is 13.0 Å². The van der Waals surface area contributed by atoms with Crippen molar-refractivity contribution in [2.24, 2.45) is 0 Å². The third kappa shape index (κ3) is 3.23. The van der Waals surface area contributed by atoms with Crippen molar-refractivity contribution < 1.29 is 13.9 Å². The van der Waals surface area contributed by atoms with Crippen molar-refractivity contribution in [1.82, 2.24) is 0 Å². The fourth-order valence-electron chi connectivity index (χ4n) is 1.58. The predicted molar refractivity (Wildman–Crippen MR) is 72.4 cm³/mol. The van der Waals surface area contributed by atoms with Gasteiger partial charge in [-0.15, -0.1) is 0 Å². The van der Waals surface area contributed by atoms with Gasteiger partial charge in [-0.05, 0) is 36.4 Å². The predicted octanol–water partition coefficient (Wildman–Crippen LogP) is 3.74. The molecule has 2 aromatic carbocycles. The molecular weight excluding hydrogens is 269 g/mol. The molecule has 0 aliphatic heterocycles. The molecule has 0 unspecified atom stereocenters. The van der Waals surface area contributed by atoms with Gasteiger partial charge in [-0.25, -0.2) is 4.39 Å². The fraction of sp³-hybridized carbons (Fsp3) is 0.0714. The van der Waals surface area contributed by atoms with Gasteiger partial charge in [0.1, 0.15) is 0 Å². The molecule has 3 nitrogen and oxygen atoms in total. The normalized spacial score (nSPS) is 10.1. The summed E-state index contributed by atoms with van der Waals surface area (Å²) in [6, 6.07) is 10.7. The molecule has 0 saturated carbocycles. The van der Waals surface area contributed by atoms with Crippen LogP contribution < -0.4 is 10.1 Å². The average Bonchev–Trinajstić information content (AvgIpc) is 2.38. The van der Waals surface area contributed by atoms with Gasteiger partial charge in [-0.2, -0.15) is 0 Å². The summed E-state index contributed by atoms with van der Waals surface area (Å²) in [7, 11) is 1.37. The third-order valence-corrected chi connectivity index (χ3v) is 2.73. The summed E-state index contributed by atoms with van der Waals surface area (Å²) in [5.74, 6) is -0.899. The number of amides is 1. The van der Waals surface area contributed by atoms with Gasteiger partial charge in [0.2, 0.25) is 0 Å². The second kappa shape index (κ2) is 5.71. The lowest BCUT2D eigenvalue weighted by molar-refractivity contribution is 0.102. The highest BCUT2D eigenvalue weighted by atomic mass is 35.5. The zero-order valence-electron chi connectivity index (χ0n) is 10.1. The molecule has 0 radical (unpaired) electrons. The molecule has 0 atom stereocenters. The first kappa shape index (κ1) is 13.4. The number of anilines is 1. The number of hydrogen-bond acceptors (Lipinski definition) is 2. The summed E-state index contributed by atoms with van der Waals surface area (Å²) >= 11 is 5.81. The summed E-state index contributed by atoms with van der Waals surface area (Å²) in [4.78, 5) is 11.9. The number of carbonyl (C=O) groups excluding carboxylic acids is 1. The molecule has 19 heavy (non-hydrogen) atoms. The summed E-state index contributed by atoms with van der Waals surface area (Å²) in [5, 5.41) is 3.15. The highest BCUT2D eigenvalue weighted by molar-refractivity contribution is 6.30.